The second-order valence-electron chi connectivity index (χ2n) is 6.40. The Morgan fingerprint density at radius 1 is 1.47 bits per heavy atom. The molecule has 0 radical (unpaired) electrons. The molecule has 1 aromatic heterocycles. The summed E-state index contributed by atoms with van der Waals surface area (Å²) in [6.45, 7) is 6.44. The zero-order valence-corrected chi connectivity index (χ0v) is 12.0. The quantitative estimate of drug-likeness (QED) is 0.888. The van der Waals surface area contributed by atoms with E-state index in [1.54, 1.807) is 0 Å². The van der Waals surface area contributed by atoms with Gasteiger partial charge in [-0.2, -0.15) is 5.10 Å². The first-order valence-corrected chi connectivity index (χ1v) is 7.61. The van der Waals surface area contributed by atoms with Gasteiger partial charge in [0.05, 0.1) is 24.5 Å². The predicted octanol–water partition coefficient (Wildman–Crippen LogP) is 2.91. The van der Waals surface area contributed by atoms with Gasteiger partial charge in [-0.05, 0) is 37.5 Å². The van der Waals surface area contributed by atoms with E-state index in [9.17, 15) is 0 Å². The Hall–Kier alpha value is -1.03. The van der Waals surface area contributed by atoms with E-state index in [4.69, 9.17) is 4.74 Å². The number of anilines is 1. The SMILES string of the molecule is CC(C)C1CC(Nc2cnn(CC3CCCO3)c2)C1. The molecule has 4 nitrogen and oxygen atoms in total. The van der Waals surface area contributed by atoms with Gasteiger partial charge in [0, 0.05) is 18.8 Å². The highest BCUT2D eigenvalue weighted by Gasteiger charge is 2.31. The van der Waals surface area contributed by atoms with Gasteiger partial charge in [-0.1, -0.05) is 13.8 Å². The minimum absolute atomic E-state index is 0.363. The molecule has 2 aliphatic rings. The number of hydrogen-bond donors (Lipinski definition) is 1. The predicted molar refractivity (Wildman–Crippen MR) is 76.2 cm³/mol. The molecule has 0 amide bonds. The van der Waals surface area contributed by atoms with E-state index in [2.05, 4.69) is 30.5 Å². The van der Waals surface area contributed by atoms with Gasteiger partial charge in [-0.25, -0.2) is 0 Å². The summed E-state index contributed by atoms with van der Waals surface area (Å²) < 4.78 is 7.65. The molecule has 1 aromatic rings. The molecule has 19 heavy (non-hydrogen) atoms. The van der Waals surface area contributed by atoms with E-state index in [1.807, 2.05) is 10.9 Å². The Morgan fingerprint density at radius 2 is 2.32 bits per heavy atom. The summed E-state index contributed by atoms with van der Waals surface area (Å²) in [7, 11) is 0. The zero-order valence-electron chi connectivity index (χ0n) is 12.0. The smallest absolute Gasteiger partial charge is 0.0771 e. The summed E-state index contributed by atoms with van der Waals surface area (Å²) >= 11 is 0. The van der Waals surface area contributed by atoms with Crippen molar-refractivity contribution in [2.75, 3.05) is 11.9 Å². The Kier molecular flexibility index (Phi) is 3.78. The van der Waals surface area contributed by atoms with Crippen LogP contribution in [0.3, 0.4) is 0 Å². The molecule has 1 N–H and O–H groups in total. The van der Waals surface area contributed by atoms with Crippen LogP contribution >= 0.6 is 0 Å². The molecule has 0 aromatic carbocycles. The summed E-state index contributed by atoms with van der Waals surface area (Å²) in [5.74, 6) is 1.72. The van der Waals surface area contributed by atoms with E-state index in [1.165, 1.54) is 25.7 Å². The number of ether oxygens (including phenoxy) is 1. The molecule has 3 rings (SSSR count). The van der Waals surface area contributed by atoms with Crippen molar-refractivity contribution in [1.82, 2.24) is 9.78 Å². The highest BCUT2D eigenvalue weighted by Crippen LogP contribution is 2.35. The van der Waals surface area contributed by atoms with Gasteiger partial charge < -0.3 is 10.1 Å². The fraction of sp³-hybridized carbons (Fsp3) is 0.800. The molecule has 1 atom stereocenters. The molecule has 2 heterocycles. The first-order valence-electron chi connectivity index (χ1n) is 7.61. The van der Waals surface area contributed by atoms with Gasteiger partial charge in [0.15, 0.2) is 0 Å². The van der Waals surface area contributed by atoms with E-state index >= 15 is 0 Å². The van der Waals surface area contributed by atoms with E-state index in [-0.39, 0.29) is 0 Å². The monoisotopic (exact) mass is 263 g/mol. The normalized spacial score (nSPS) is 30.6. The maximum atomic E-state index is 5.64. The van der Waals surface area contributed by atoms with E-state index in [0.717, 1.165) is 30.7 Å². The highest BCUT2D eigenvalue weighted by atomic mass is 16.5. The van der Waals surface area contributed by atoms with E-state index in [0.29, 0.717) is 12.1 Å². The lowest BCUT2D eigenvalue weighted by Crippen LogP contribution is -2.37. The number of nitrogens with zero attached hydrogens (tertiary/aromatic N) is 2. The fourth-order valence-corrected chi connectivity index (χ4v) is 3.09. The van der Waals surface area contributed by atoms with Crippen molar-refractivity contribution in [3.63, 3.8) is 0 Å². The van der Waals surface area contributed by atoms with Gasteiger partial charge in [0.1, 0.15) is 0 Å². The largest absolute Gasteiger partial charge is 0.380 e. The van der Waals surface area contributed by atoms with Crippen molar-refractivity contribution < 1.29 is 4.74 Å². The van der Waals surface area contributed by atoms with Gasteiger partial charge in [0.25, 0.3) is 0 Å². The summed E-state index contributed by atoms with van der Waals surface area (Å²) in [4.78, 5) is 0. The van der Waals surface area contributed by atoms with Crippen LogP contribution in [0.5, 0.6) is 0 Å². The highest BCUT2D eigenvalue weighted by molar-refractivity contribution is 5.40. The van der Waals surface area contributed by atoms with Gasteiger partial charge in [-0.15, -0.1) is 0 Å². The van der Waals surface area contributed by atoms with Crippen LogP contribution in [-0.2, 0) is 11.3 Å². The molecule has 1 saturated heterocycles. The number of hydrogen-bond acceptors (Lipinski definition) is 3. The van der Waals surface area contributed by atoms with Crippen molar-refractivity contribution in [3.8, 4) is 0 Å². The third-order valence-electron chi connectivity index (χ3n) is 4.54. The van der Waals surface area contributed by atoms with Crippen molar-refractivity contribution in [3.05, 3.63) is 12.4 Å². The first-order chi connectivity index (χ1) is 9.20. The number of aromatic nitrogens is 2. The van der Waals surface area contributed by atoms with Crippen LogP contribution in [0.1, 0.15) is 39.5 Å². The molecule has 106 valence electrons. The standard InChI is InChI=1S/C15H25N3O/c1-11(2)12-6-13(7-12)17-14-8-16-18(9-14)10-15-4-3-5-19-15/h8-9,11-13,15,17H,3-7,10H2,1-2H3. The molecule has 2 fully saturated rings. The fourth-order valence-electron chi connectivity index (χ4n) is 3.09. The molecule has 1 aliphatic carbocycles. The Bertz CT molecular complexity index is 403. The molecule has 1 unspecified atom stereocenters. The van der Waals surface area contributed by atoms with Crippen molar-refractivity contribution in [2.45, 2.75) is 58.2 Å². The van der Waals surface area contributed by atoms with Crippen LogP contribution in [0, 0.1) is 11.8 Å². The summed E-state index contributed by atoms with van der Waals surface area (Å²) in [5, 5.41) is 8.00. The van der Waals surface area contributed by atoms with E-state index < -0.39 is 0 Å². The maximum Gasteiger partial charge on any atom is 0.0771 e. The maximum absolute atomic E-state index is 5.64. The summed E-state index contributed by atoms with van der Waals surface area (Å²) in [6, 6.07) is 0.646. The van der Waals surface area contributed by atoms with Gasteiger partial charge in [0.2, 0.25) is 0 Å². The second-order valence-corrected chi connectivity index (χ2v) is 6.40. The van der Waals surface area contributed by atoms with Crippen LogP contribution in [0.2, 0.25) is 0 Å². The summed E-state index contributed by atoms with van der Waals surface area (Å²) in [5.41, 5.74) is 1.16. The Morgan fingerprint density at radius 3 is 3.00 bits per heavy atom. The van der Waals surface area contributed by atoms with Crippen LogP contribution in [-0.4, -0.2) is 28.5 Å². The molecule has 1 aliphatic heterocycles. The Balaban J connectivity index is 1.46. The first kappa shape index (κ1) is 13.0. The topological polar surface area (TPSA) is 39.1 Å². The third-order valence-corrected chi connectivity index (χ3v) is 4.54. The minimum Gasteiger partial charge on any atom is -0.380 e. The molecular formula is C15H25N3O. The van der Waals surface area contributed by atoms with Crippen LogP contribution in [0.25, 0.3) is 0 Å². The van der Waals surface area contributed by atoms with Gasteiger partial charge in [-0.3, -0.25) is 4.68 Å². The number of nitrogens with one attached hydrogen (secondary N) is 1. The third kappa shape index (κ3) is 3.11. The molecule has 0 bridgehead atoms. The second kappa shape index (κ2) is 5.53. The minimum atomic E-state index is 0.363. The van der Waals surface area contributed by atoms with Crippen LogP contribution in [0.15, 0.2) is 12.4 Å². The average molecular weight is 263 g/mol. The lowest BCUT2D eigenvalue weighted by atomic mass is 9.73. The zero-order chi connectivity index (χ0) is 13.2. The van der Waals surface area contributed by atoms with Crippen LogP contribution in [0.4, 0.5) is 5.69 Å². The number of rotatable bonds is 5. The average Bonchev–Trinajstić information content (AvgIpc) is 2.95. The molecule has 4 heteroatoms. The summed E-state index contributed by atoms with van der Waals surface area (Å²) in [6.07, 6.45) is 9.38. The molecular weight excluding hydrogens is 238 g/mol. The van der Waals surface area contributed by atoms with Crippen molar-refractivity contribution in [2.24, 2.45) is 11.8 Å². The molecule has 1 saturated carbocycles. The van der Waals surface area contributed by atoms with Crippen LogP contribution < -0.4 is 5.32 Å². The van der Waals surface area contributed by atoms with Gasteiger partial charge >= 0.3 is 0 Å². The molecule has 0 spiro atoms. The van der Waals surface area contributed by atoms with Crippen molar-refractivity contribution >= 4 is 5.69 Å². The lowest BCUT2D eigenvalue weighted by Gasteiger charge is -2.38. The Labute approximate surface area is 115 Å². The van der Waals surface area contributed by atoms with Crippen molar-refractivity contribution in [1.29, 1.82) is 0 Å². The lowest BCUT2D eigenvalue weighted by molar-refractivity contribution is 0.0940.